The van der Waals surface area contributed by atoms with Crippen LogP contribution in [0.3, 0.4) is 0 Å². The van der Waals surface area contributed by atoms with E-state index < -0.39 is 23.2 Å². The number of nitrogens with zero attached hydrogens (tertiary/aromatic N) is 1. The van der Waals surface area contributed by atoms with Crippen LogP contribution in [-0.2, 0) is 19.9 Å². The summed E-state index contributed by atoms with van der Waals surface area (Å²) in [5, 5.41) is 15.3. The topological polar surface area (TPSA) is 88.5 Å². The number of nitrogens with one attached hydrogen (secondary N) is 1. The molecular weight excluding hydrogens is 443 g/mol. The molecule has 2 aliphatic rings. The number of benzene rings is 1. The number of aromatic nitrogens is 1. The van der Waals surface area contributed by atoms with Gasteiger partial charge in [0.15, 0.2) is 0 Å². The monoisotopic (exact) mass is 466 g/mol. The van der Waals surface area contributed by atoms with Crippen LogP contribution in [0.5, 0.6) is 0 Å². The van der Waals surface area contributed by atoms with E-state index in [4.69, 9.17) is 16.3 Å². The molecule has 1 aromatic heterocycles. The van der Waals surface area contributed by atoms with Crippen molar-refractivity contribution in [1.29, 1.82) is 0 Å². The molecule has 4 rings (SSSR count). The van der Waals surface area contributed by atoms with Crippen molar-refractivity contribution >= 4 is 34.8 Å². The lowest BCUT2D eigenvalue weighted by Gasteiger charge is -2.26. The number of carboxylic acid groups (broad SMARTS) is 1. The lowest BCUT2D eigenvalue weighted by molar-refractivity contribution is -0.142. The summed E-state index contributed by atoms with van der Waals surface area (Å²) >= 11 is 7.59. The quantitative estimate of drug-likeness (QED) is 0.592. The zero-order valence-electron chi connectivity index (χ0n) is 16.9. The van der Waals surface area contributed by atoms with E-state index >= 15 is 0 Å². The van der Waals surface area contributed by atoms with Gasteiger partial charge in [-0.25, -0.2) is 9.37 Å². The van der Waals surface area contributed by atoms with Crippen molar-refractivity contribution in [2.24, 2.45) is 11.8 Å². The van der Waals surface area contributed by atoms with Gasteiger partial charge >= 0.3 is 5.97 Å². The molecule has 2 heterocycles. The van der Waals surface area contributed by atoms with Crippen LogP contribution in [0.4, 0.5) is 4.39 Å². The van der Waals surface area contributed by atoms with Crippen LogP contribution >= 0.6 is 22.9 Å². The van der Waals surface area contributed by atoms with E-state index in [0.717, 1.165) is 30.7 Å². The van der Waals surface area contributed by atoms with Crippen molar-refractivity contribution in [1.82, 2.24) is 10.3 Å². The fourth-order valence-corrected chi connectivity index (χ4v) is 5.29. The second-order valence-corrected chi connectivity index (χ2v) is 9.58. The maximum Gasteiger partial charge on any atom is 0.304 e. The molecular formula is C22H24ClFN2O4S. The van der Waals surface area contributed by atoms with Gasteiger partial charge in [0.05, 0.1) is 22.7 Å². The van der Waals surface area contributed by atoms with E-state index in [1.165, 1.54) is 29.5 Å². The van der Waals surface area contributed by atoms with Gasteiger partial charge in [0.1, 0.15) is 10.8 Å². The molecule has 1 atom stereocenters. The van der Waals surface area contributed by atoms with Crippen molar-refractivity contribution in [3.8, 4) is 11.3 Å². The van der Waals surface area contributed by atoms with Gasteiger partial charge < -0.3 is 15.2 Å². The zero-order chi connectivity index (χ0) is 22.0. The van der Waals surface area contributed by atoms with Crippen molar-refractivity contribution in [2.45, 2.75) is 44.1 Å². The Morgan fingerprint density at radius 3 is 2.77 bits per heavy atom. The summed E-state index contributed by atoms with van der Waals surface area (Å²) in [5.41, 5.74) is 0.496. The Hall–Kier alpha value is -2.03. The van der Waals surface area contributed by atoms with Crippen LogP contribution in [0.2, 0.25) is 5.02 Å². The Morgan fingerprint density at radius 1 is 1.35 bits per heavy atom. The Labute approximate surface area is 188 Å². The fourth-order valence-electron chi connectivity index (χ4n) is 4.04. The number of thiazole rings is 1. The molecule has 1 aliphatic heterocycles. The molecule has 9 heteroatoms. The zero-order valence-corrected chi connectivity index (χ0v) is 18.5. The molecule has 2 fully saturated rings. The third-order valence-electron chi connectivity index (χ3n) is 5.98. The summed E-state index contributed by atoms with van der Waals surface area (Å²) < 4.78 is 19.0. The molecule has 0 spiro atoms. The van der Waals surface area contributed by atoms with E-state index in [0.29, 0.717) is 41.8 Å². The number of amides is 1. The third kappa shape index (κ3) is 5.25. The first-order valence-corrected chi connectivity index (χ1v) is 11.6. The van der Waals surface area contributed by atoms with Gasteiger partial charge in [0.25, 0.3) is 0 Å². The molecule has 0 unspecified atom stereocenters. The molecule has 2 N–H and O–H groups in total. The number of carboxylic acids is 1. The Kier molecular flexibility index (Phi) is 6.60. The Morgan fingerprint density at radius 2 is 2.10 bits per heavy atom. The molecule has 0 radical (unpaired) electrons. The minimum atomic E-state index is -0.977. The number of hydrogen-bond donors (Lipinski definition) is 2. The molecule has 1 amide bonds. The van der Waals surface area contributed by atoms with E-state index in [-0.39, 0.29) is 12.3 Å². The summed E-state index contributed by atoms with van der Waals surface area (Å²) in [6.07, 6.45) is 3.51. The summed E-state index contributed by atoms with van der Waals surface area (Å²) in [4.78, 5) is 29.1. The average Bonchev–Trinajstić information content (AvgIpc) is 3.34. The molecule has 2 aromatic rings. The lowest BCUT2D eigenvalue weighted by atomic mass is 9.86. The highest BCUT2D eigenvalue weighted by atomic mass is 35.5. The maximum absolute atomic E-state index is 13.6. The summed E-state index contributed by atoms with van der Waals surface area (Å²) in [6.45, 7) is 1.31. The molecule has 1 saturated carbocycles. The van der Waals surface area contributed by atoms with E-state index in [9.17, 15) is 19.1 Å². The highest BCUT2D eigenvalue weighted by Gasteiger charge is 2.49. The first-order valence-electron chi connectivity index (χ1n) is 10.4. The van der Waals surface area contributed by atoms with Crippen LogP contribution in [0.15, 0.2) is 23.6 Å². The third-order valence-corrected chi connectivity index (χ3v) is 7.36. The minimum absolute atomic E-state index is 0.193. The van der Waals surface area contributed by atoms with Gasteiger partial charge in [-0.15, -0.1) is 11.3 Å². The predicted octanol–water partition coefficient (Wildman–Crippen LogP) is 4.62. The Bertz CT molecular complexity index is 972. The summed E-state index contributed by atoms with van der Waals surface area (Å²) in [5.74, 6) is -1.91. The lowest BCUT2D eigenvalue weighted by Crippen LogP contribution is -2.40. The van der Waals surface area contributed by atoms with Gasteiger partial charge in [-0.05, 0) is 56.2 Å². The largest absolute Gasteiger partial charge is 0.481 e. The number of carbonyl (C=O) groups excluding carboxylic acids is 1. The van der Waals surface area contributed by atoms with E-state index in [2.05, 4.69) is 10.3 Å². The molecule has 6 nitrogen and oxygen atoms in total. The first-order chi connectivity index (χ1) is 14.9. The molecule has 1 aromatic carbocycles. The van der Waals surface area contributed by atoms with Gasteiger partial charge in [-0.1, -0.05) is 11.6 Å². The molecule has 31 heavy (non-hydrogen) atoms. The SMILES string of the molecule is O=C(O)C[C@@H](CC1CCOCC1)C(=O)NC1(c2nc(-c3cc(F)ccc3Cl)cs2)CC1. The first kappa shape index (κ1) is 22.2. The van der Waals surface area contributed by atoms with Crippen molar-refractivity contribution in [2.75, 3.05) is 13.2 Å². The summed E-state index contributed by atoms with van der Waals surface area (Å²) in [6, 6.07) is 4.13. The maximum atomic E-state index is 13.6. The van der Waals surface area contributed by atoms with Crippen LogP contribution in [0.1, 0.15) is 43.5 Å². The second kappa shape index (κ2) is 9.22. The fraction of sp³-hybridized carbons (Fsp3) is 0.500. The van der Waals surface area contributed by atoms with Gasteiger partial charge in [-0.2, -0.15) is 0 Å². The van der Waals surface area contributed by atoms with Crippen molar-refractivity contribution in [3.05, 3.63) is 39.4 Å². The molecule has 0 bridgehead atoms. The number of ether oxygens (including phenoxy) is 1. The normalized spacial score (nSPS) is 19.0. The van der Waals surface area contributed by atoms with Crippen LogP contribution in [0, 0.1) is 17.7 Å². The van der Waals surface area contributed by atoms with Gasteiger partial charge in [-0.3, -0.25) is 9.59 Å². The van der Waals surface area contributed by atoms with E-state index in [1.54, 1.807) is 5.38 Å². The summed E-state index contributed by atoms with van der Waals surface area (Å²) in [7, 11) is 0. The number of rotatable bonds is 8. The van der Waals surface area contributed by atoms with Crippen molar-refractivity contribution < 1.29 is 23.8 Å². The number of halogens is 2. The standard InChI is InChI=1S/C22H24ClFN2O4S/c23-17-2-1-15(24)11-16(17)18-12-31-21(25-18)22(5-6-22)26-20(29)14(10-19(27)28)9-13-3-7-30-8-4-13/h1-2,11-14H,3-10H2,(H,26,29)(H,27,28)/t14-/m1/s1. The Balaban J connectivity index is 1.48. The van der Waals surface area contributed by atoms with Crippen LogP contribution in [-0.4, -0.2) is 35.2 Å². The highest BCUT2D eigenvalue weighted by Crippen LogP contribution is 2.48. The number of hydrogen-bond acceptors (Lipinski definition) is 5. The van der Waals surface area contributed by atoms with Crippen LogP contribution in [0.25, 0.3) is 11.3 Å². The second-order valence-electron chi connectivity index (χ2n) is 8.32. The minimum Gasteiger partial charge on any atom is -0.481 e. The van der Waals surface area contributed by atoms with Crippen molar-refractivity contribution in [3.63, 3.8) is 0 Å². The van der Waals surface area contributed by atoms with Crippen LogP contribution < -0.4 is 5.32 Å². The van der Waals surface area contributed by atoms with E-state index in [1.807, 2.05) is 0 Å². The average molecular weight is 467 g/mol. The molecule has 1 saturated heterocycles. The predicted molar refractivity (Wildman–Crippen MR) is 115 cm³/mol. The highest BCUT2D eigenvalue weighted by molar-refractivity contribution is 7.10. The smallest absolute Gasteiger partial charge is 0.304 e. The molecule has 166 valence electrons. The molecule has 1 aliphatic carbocycles. The van der Waals surface area contributed by atoms with Gasteiger partial charge in [0.2, 0.25) is 5.91 Å². The number of carbonyl (C=O) groups is 2. The number of aliphatic carboxylic acids is 1. The van der Waals surface area contributed by atoms with Gasteiger partial charge in [0, 0.05) is 30.1 Å².